The van der Waals surface area contributed by atoms with Crippen molar-refractivity contribution in [1.29, 1.82) is 0 Å². The summed E-state index contributed by atoms with van der Waals surface area (Å²) in [5, 5.41) is 0. The lowest BCUT2D eigenvalue weighted by Crippen LogP contribution is -2.62. The SMILES string of the molecule is CC1CN(C)CCCN1C1(CN)CCCCC1C. The summed E-state index contributed by atoms with van der Waals surface area (Å²) in [6.07, 6.45) is 6.70. The molecule has 2 rings (SSSR count). The predicted molar refractivity (Wildman–Crippen MR) is 77.7 cm³/mol. The lowest BCUT2D eigenvalue weighted by atomic mass is 9.71. The third-order valence-corrected chi connectivity index (χ3v) is 5.39. The Labute approximate surface area is 113 Å². The smallest absolute Gasteiger partial charge is 0.0360 e. The minimum atomic E-state index is 0.281. The molecule has 3 atom stereocenters. The van der Waals surface area contributed by atoms with Gasteiger partial charge in [-0.15, -0.1) is 0 Å². The van der Waals surface area contributed by atoms with Gasteiger partial charge in [0.05, 0.1) is 0 Å². The molecule has 0 spiro atoms. The van der Waals surface area contributed by atoms with Crippen LogP contribution in [0.5, 0.6) is 0 Å². The lowest BCUT2D eigenvalue weighted by molar-refractivity contribution is -0.0114. The van der Waals surface area contributed by atoms with E-state index in [4.69, 9.17) is 5.73 Å². The van der Waals surface area contributed by atoms with Gasteiger partial charge in [-0.25, -0.2) is 0 Å². The number of hydrogen-bond donors (Lipinski definition) is 1. The molecule has 2 aliphatic rings. The van der Waals surface area contributed by atoms with Gasteiger partial charge in [-0.05, 0) is 45.7 Å². The highest BCUT2D eigenvalue weighted by atomic mass is 15.3. The van der Waals surface area contributed by atoms with E-state index >= 15 is 0 Å². The van der Waals surface area contributed by atoms with Gasteiger partial charge in [-0.3, -0.25) is 4.90 Å². The molecule has 3 heteroatoms. The molecule has 106 valence electrons. The van der Waals surface area contributed by atoms with E-state index in [2.05, 4.69) is 30.7 Å². The van der Waals surface area contributed by atoms with Crippen molar-refractivity contribution in [2.45, 2.75) is 57.5 Å². The molecule has 0 bridgehead atoms. The molecular weight excluding hydrogens is 222 g/mol. The van der Waals surface area contributed by atoms with Crippen LogP contribution in [0.25, 0.3) is 0 Å². The molecule has 0 radical (unpaired) electrons. The molecule has 1 heterocycles. The van der Waals surface area contributed by atoms with E-state index in [9.17, 15) is 0 Å². The van der Waals surface area contributed by atoms with Crippen molar-refractivity contribution in [3.05, 3.63) is 0 Å². The van der Waals surface area contributed by atoms with E-state index in [-0.39, 0.29) is 5.54 Å². The first-order valence-electron chi connectivity index (χ1n) is 7.75. The number of nitrogens with zero attached hydrogens (tertiary/aromatic N) is 2. The number of rotatable bonds is 2. The maximum absolute atomic E-state index is 6.25. The lowest BCUT2D eigenvalue weighted by Gasteiger charge is -2.52. The number of nitrogens with two attached hydrogens (primary N) is 1. The van der Waals surface area contributed by atoms with Crippen LogP contribution >= 0.6 is 0 Å². The summed E-state index contributed by atoms with van der Waals surface area (Å²) < 4.78 is 0. The standard InChI is InChI=1S/C15H31N3/c1-13-7-4-5-8-15(13,12-16)18-10-6-9-17(3)11-14(18)2/h13-14H,4-12,16H2,1-3H3. The van der Waals surface area contributed by atoms with Crippen LogP contribution in [0.2, 0.25) is 0 Å². The third-order valence-electron chi connectivity index (χ3n) is 5.39. The van der Waals surface area contributed by atoms with Crippen molar-refractivity contribution in [2.24, 2.45) is 11.7 Å². The van der Waals surface area contributed by atoms with Crippen LogP contribution in [0.15, 0.2) is 0 Å². The van der Waals surface area contributed by atoms with Gasteiger partial charge < -0.3 is 10.6 Å². The molecule has 2 N–H and O–H groups in total. The number of likely N-dealkylation sites (N-methyl/N-ethyl adjacent to an activating group) is 1. The first-order valence-corrected chi connectivity index (χ1v) is 7.75. The van der Waals surface area contributed by atoms with Gasteiger partial charge in [-0.1, -0.05) is 19.8 Å². The highest BCUT2D eigenvalue weighted by Crippen LogP contribution is 2.39. The molecule has 1 aliphatic carbocycles. The van der Waals surface area contributed by atoms with Crippen molar-refractivity contribution in [3.8, 4) is 0 Å². The second kappa shape index (κ2) is 5.89. The first kappa shape index (κ1) is 14.3. The summed E-state index contributed by atoms with van der Waals surface area (Å²) in [5.41, 5.74) is 6.53. The van der Waals surface area contributed by atoms with E-state index in [1.807, 2.05) is 0 Å². The average molecular weight is 253 g/mol. The maximum atomic E-state index is 6.25. The Balaban J connectivity index is 2.19. The minimum absolute atomic E-state index is 0.281. The zero-order chi connectivity index (χ0) is 13.2. The Hall–Kier alpha value is -0.120. The fraction of sp³-hybridized carbons (Fsp3) is 1.00. The molecule has 3 unspecified atom stereocenters. The summed E-state index contributed by atoms with van der Waals surface area (Å²) in [4.78, 5) is 5.24. The van der Waals surface area contributed by atoms with Crippen molar-refractivity contribution in [2.75, 3.05) is 33.2 Å². The van der Waals surface area contributed by atoms with E-state index in [0.29, 0.717) is 6.04 Å². The second-order valence-corrected chi connectivity index (χ2v) is 6.61. The summed E-state index contributed by atoms with van der Waals surface area (Å²) >= 11 is 0. The monoisotopic (exact) mass is 253 g/mol. The fourth-order valence-corrected chi connectivity index (χ4v) is 4.28. The zero-order valence-corrected chi connectivity index (χ0v) is 12.5. The van der Waals surface area contributed by atoms with Crippen LogP contribution in [0.1, 0.15) is 46.0 Å². The Morgan fingerprint density at radius 1 is 1.17 bits per heavy atom. The first-order chi connectivity index (χ1) is 8.60. The third kappa shape index (κ3) is 2.59. The van der Waals surface area contributed by atoms with Crippen LogP contribution in [-0.4, -0.2) is 54.6 Å². The van der Waals surface area contributed by atoms with Crippen molar-refractivity contribution >= 4 is 0 Å². The molecule has 1 saturated carbocycles. The molecule has 18 heavy (non-hydrogen) atoms. The molecule has 1 saturated heterocycles. The highest BCUT2D eigenvalue weighted by molar-refractivity contribution is 5.01. The molecular formula is C15H31N3. The topological polar surface area (TPSA) is 32.5 Å². The van der Waals surface area contributed by atoms with Gasteiger partial charge in [0.15, 0.2) is 0 Å². The van der Waals surface area contributed by atoms with Gasteiger partial charge in [0.1, 0.15) is 0 Å². The summed E-state index contributed by atoms with van der Waals surface area (Å²) in [7, 11) is 2.25. The summed E-state index contributed by atoms with van der Waals surface area (Å²) in [5.74, 6) is 0.752. The highest BCUT2D eigenvalue weighted by Gasteiger charge is 2.44. The van der Waals surface area contributed by atoms with Gasteiger partial charge >= 0.3 is 0 Å². The Morgan fingerprint density at radius 3 is 2.61 bits per heavy atom. The summed E-state index contributed by atoms with van der Waals surface area (Å²) in [6, 6.07) is 0.640. The average Bonchev–Trinajstić information content (AvgIpc) is 2.52. The Kier molecular flexibility index (Phi) is 4.68. The Morgan fingerprint density at radius 2 is 1.94 bits per heavy atom. The quantitative estimate of drug-likeness (QED) is 0.816. The molecule has 0 aromatic carbocycles. The van der Waals surface area contributed by atoms with Crippen molar-refractivity contribution < 1.29 is 0 Å². The zero-order valence-electron chi connectivity index (χ0n) is 12.5. The fourth-order valence-electron chi connectivity index (χ4n) is 4.28. The molecule has 2 fully saturated rings. The number of hydrogen-bond acceptors (Lipinski definition) is 3. The van der Waals surface area contributed by atoms with Crippen molar-refractivity contribution in [1.82, 2.24) is 9.80 Å². The molecule has 3 nitrogen and oxygen atoms in total. The van der Waals surface area contributed by atoms with Crippen LogP contribution in [0, 0.1) is 5.92 Å². The van der Waals surface area contributed by atoms with E-state index < -0.39 is 0 Å². The van der Waals surface area contributed by atoms with E-state index in [1.54, 1.807) is 0 Å². The van der Waals surface area contributed by atoms with Gasteiger partial charge in [0, 0.05) is 31.2 Å². The molecule has 0 aromatic heterocycles. The molecule has 0 amide bonds. The maximum Gasteiger partial charge on any atom is 0.0360 e. The van der Waals surface area contributed by atoms with Gasteiger partial charge in [0.2, 0.25) is 0 Å². The van der Waals surface area contributed by atoms with Crippen LogP contribution in [-0.2, 0) is 0 Å². The van der Waals surface area contributed by atoms with E-state index in [0.717, 1.165) is 12.5 Å². The van der Waals surface area contributed by atoms with Gasteiger partial charge in [-0.2, -0.15) is 0 Å². The molecule has 1 aliphatic heterocycles. The normalized spacial score (nSPS) is 40.7. The van der Waals surface area contributed by atoms with Crippen LogP contribution in [0.4, 0.5) is 0 Å². The predicted octanol–water partition coefficient (Wildman–Crippen LogP) is 1.92. The largest absolute Gasteiger partial charge is 0.329 e. The van der Waals surface area contributed by atoms with Crippen LogP contribution in [0.3, 0.4) is 0 Å². The van der Waals surface area contributed by atoms with Crippen LogP contribution < -0.4 is 5.73 Å². The Bertz CT molecular complexity index is 268. The summed E-state index contributed by atoms with van der Waals surface area (Å²) in [6.45, 7) is 9.30. The second-order valence-electron chi connectivity index (χ2n) is 6.61. The minimum Gasteiger partial charge on any atom is -0.329 e. The van der Waals surface area contributed by atoms with E-state index in [1.165, 1.54) is 51.7 Å². The van der Waals surface area contributed by atoms with Gasteiger partial charge in [0.25, 0.3) is 0 Å². The van der Waals surface area contributed by atoms with Crippen molar-refractivity contribution in [3.63, 3.8) is 0 Å². The molecule has 0 aromatic rings.